The average molecular weight is 375 g/mol. The fourth-order valence-corrected chi connectivity index (χ4v) is 3.81. The number of benzene rings is 2. The van der Waals surface area contributed by atoms with Gasteiger partial charge in [0.2, 0.25) is 0 Å². The van der Waals surface area contributed by atoms with Crippen LogP contribution in [0.4, 0.5) is 11.5 Å². The number of aromatic hydroxyl groups is 1. The summed E-state index contributed by atoms with van der Waals surface area (Å²) < 4.78 is 5.44. The molecular weight excluding hydrogens is 350 g/mol. The first-order valence-corrected chi connectivity index (χ1v) is 9.67. The highest BCUT2D eigenvalue weighted by atomic mass is 16.5. The Kier molecular flexibility index (Phi) is 5.17. The molecule has 3 aromatic rings. The Morgan fingerprint density at radius 3 is 2.29 bits per heavy atom. The second kappa shape index (κ2) is 7.90. The van der Waals surface area contributed by atoms with Crippen LogP contribution in [-0.4, -0.2) is 36.4 Å². The van der Waals surface area contributed by atoms with E-state index < -0.39 is 0 Å². The summed E-state index contributed by atoms with van der Waals surface area (Å²) in [5, 5.41) is 9.61. The van der Waals surface area contributed by atoms with Crippen molar-refractivity contribution in [3.63, 3.8) is 0 Å². The smallest absolute Gasteiger partial charge is 0.131 e. The van der Waals surface area contributed by atoms with Crippen LogP contribution >= 0.6 is 0 Å². The van der Waals surface area contributed by atoms with Crippen molar-refractivity contribution >= 4 is 11.5 Å². The molecule has 0 unspecified atom stereocenters. The highest BCUT2D eigenvalue weighted by Gasteiger charge is 2.16. The lowest BCUT2D eigenvalue weighted by atomic mass is 9.92. The van der Waals surface area contributed by atoms with Crippen molar-refractivity contribution in [3.8, 4) is 28.0 Å². The van der Waals surface area contributed by atoms with E-state index in [1.807, 2.05) is 18.3 Å². The molecule has 1 aliphatic heterocycles. The van der Waals surface area contributed by atoms with E-state index in [2.05, 4.69) is 41.1 Å². The number of nitrogen functional groups attached to an aromatic ring is 1. The number of rotatable bonds is 4. The van der Waals surface area contributed by atoms with Gasteiger partial charge in [0.05, 0.1) is 13.2 Å². The molecule has 1 aliphatic rings. The molecule has 0 bridgehead atoms. The molecule has 28 heavy (non-hydrogen) atoms. The molecule has 0 spiro atoms. The zero-order valence-corrected chi connectivity index (χ0v) is 16.1. The fourth-order valence-electron chi connectivity index (χ4n) is 3.81. The number of ether oxygens (including phenoxy) is 1. The van der Waals surface area contributed by atoms with Crippen LogP contribution in [0.2, 0.25) is 0 Å². The van der Waals surface area contributed by atoms with Gasteiger partial charge >= 0.3 is 0 Å². The van der Waals surface area contributed by atoms with Crippen LogP contribution in [0.5, 0.6) is 5.75 Å². The summed E-state index contributed by atoms with van der Waals surface area (Å²) in [5.41, 5.74) is 12.7. The van der Waals surface area contributed by atoms with Crippen molar-refractivity contribution in [1.82, 2.24) is 4.98 Å². The van der Waals surface area contributed by atoms with E-state index >= 15 is 0 Å². The van der Waals surface area contributed by atoms with E-state index in [1.54, 1.807) is 12.1 Å². The molecule has 1 aromatic heterocycles. The minimum atomic E-state index is 0.239. The minimum absolute atomic E-state index is 0.239. The van der Waals surface area contributed by atoms with Crippen LogP contribution in [0.3, 0.4) is 0 Å². The highest BCUT2D eigenvalue weighted by Crippen LogP contribution is 2.36. The van der Waals surface area contributed by atoms with Crippen LogP contribution in [0.25, 0.3) is 22.3 Å². The van der Waals surface area contributed by atoms with Crippen LogP contribution in [0.15, 0.2) is 54.7 Å². The molecular formula is C23H25N3O2. The highest BCUT2D eigenvalue weighted by molar-refractivity contribution is 5.84. The van der Waals surface area contributed by atoms with Crippen molar-refractivity contribution < 1.29 is 9.84 Å². The summed E-state index contributed by atoms with van der Waals surface area (Å²) in [4.78, 5) is 6.81. The lowest BCUT2D eigenvalue weighted by Gasteiger charge is -2.29. The van der Waals surface area contributed by atoms with Gasteiger partial charge in [-0.2, -0.15) is 0 Å². The Morgan fingerprint density at radius 1 is 1.00 bits per heavy atom. The average Bonchev–Trinajstić information content (AvgIpc) is 2.75. The molecule has 3 N–H and O–H groups in total. The first-order valence-electron chi connectivity index (χ1n) is 9.67. The molecule has 5 heteroatoms. The summed E-state index contributed by atoms with van der Waals surface area (Å²) in [5.74, 6) is 0.749. The Hall–Kier alpha value is -3.05. The maximum absolute atomic E-state index is 9.61. The number of nitrogens with two attached hydrogens (primary N) is 1. The van der Waals surface area contributed by atoms with E-state index in [4.69, 9.17) is 10.5 Å². The number of anilines is 2. The molecule has 1 saturated heterocycles. The van der Waals surface area contributed by atoms with Gasteiger partial charge in [-0.1, -0.05) is 31.2 Å². The molecule has 4 rings (SSSR count). The SMILES string of the molecule is CCc1c(-c2ccc(N3CCOCC3)cc2)cnc(N)c1-c1ccc(O)cc1. The number of hydrogen-bond acceptors (Lipinski definition) is 5. The van der Waals surface area contributed by atoms with Gasteiger partial charge in [-0.25, -0.2) is 4.98 Å². The van der Waals surface area contributed by atoms with Gasteiger partial charge in [0.1, 0.15) is 11.6 Å². The predicted molar refractivity (Wildman–Crippen MR) is 114 cm³/mol. The number of morpholine rings is 1. The monoisotopic (exact) mass is 375 g/mol. The maximum atomic E-state index is 9.61. The molecule has 0 atom stereocenters. The normalized spacial score (nSPS) is 14.2. The molecule has 1 fully saturated rings. The third-order valence-electron chi connectivity index (χ3n) is 5.28. The largest absolute Gasteiger partial charge is 0.508 e. The third kappa shape index (κ3) is 3.53. The molecule has 2 aromatic carbocycles. The molecule has 5 nitrogen and oxygen atoms in total. The molecule has 0 radical (unpaired) electrons. The summed E-state index contributed by atoms with van der Waals surface area (Å²) in [6.45, 7) is 5.53. The Labute approximate surface area is 165 Å². The van der Waals surface area contributed by atoms with E-state index in [-0.39, 0.29) is 5.75 Å². The second-order valence-corrected chi connectivity index (χ2v) is 6.96. The maximum Gasteiger partial charge on any atom is 0.131 e. The number of phenolic OH excluding ortho intramolecular Hbond substituents is 1. The van der Waals surface area contributed by atoms with Gasteiger partial charge in [-0.05, 0) is 47.4 Å². The summed E-state index contributed by atoms with van der Waals surface area (Å²) in [6, 6.07) is 15.7. The lowest BCUT2D eigenvalue weighted by Crippen LogP contribution is -2.36. The predicted octanol–water partition coefficient (Wildman–Crippen LogP) is 4.10. The fraction of sp³-hybridized carbons (Fsp3) is 0.261. The first-order chi connectivity index (χ1) is 13.7. The first kappa shape index (κ1) is 18.3. The van der Waals surface area contributed by atoms with E-state index in [0.717, 1.165) is 60.5 Å². The van der Waals surface area contributed by atoms with Crippen molar-refractivity contribution in [2.45, 2.75) is 13.3 Å². The summed E-state index contributed by atoms with van der Waals surface area (Å²) in [7, 11) is 0. The molecule has 2 heterocycles. The van der Waals surface area contributed by atoms with Crippen molar-refractivity contribution in [3.05, 3.63) is 60.3 Å². The van der Waals surface area contributed by atoms with Crippen LogP contribution < -0.4 is 10.6 Å². The van der Waals surface area contributed by atoms with Crippen molar-refractivity contribution in [2.75, 3.05) is 36.9 Å². The zero-order chi connectivity index (χ0) is 19.5. The van der Waals surface area contributed by atoms with Gasteiger partial charge in [0, 0.05) is 36.1 Å². The quantitative estimate of drug-likeness (QED) is 0.718. The van der Waals surface area contributed by atoms with Gasteiger partial charge in [0.25, 0.3) is 0 Å². The number of hydrogen-bond donors (Lipinski definition) is 2. The van der Waals surface area contributed by atoms with Crippen LogP contribution in [0.1, 0.15) is 12.5 Å². The van der Waals surface area contributed by atoms with E-state index in [1.165, 1.54) is 5.69 Å². The van der Waals surface area contributed by atoms with Gasteiger partial charge < -0.3 is 20.5 Å². The summed E-state index contributed by atoms with van der Waals surface area (Å²) >= 11 is 0. The van der Waals surface area contributed by atoms with E-state index in [9.17, 15) is 5.11 Å². The number of phenols is 1. The minimum Gasteiger partial charge on any atom is -0.508 e. The van der Waals surface area contributed by atoms with Gasteiger partial charge in [-0.3, -0.25) is 0 Å². The van der Waals surface area contributed by atoms with Gasteiger partial charge in [0.15, 0.2) is 0 Å². The molecule has 0 aliphatic carbocycles. The number of pyridine rings is 1. The van der Waals surface area contributed by atoms with E-state index in [0.29, 0.717) is 5.82 Å². The second-order valence-electron chi connectivity index (χ2n) is 6.96. The standard InChI is InChI=1S/C23H25N3O2/c1-2-20-21(15-25-23(24)22(20)17-5-9-19(27)10-6-17)16-3-7-18(8-4-16)26-11-13-28-14-12-26/h3-10,15,27H,2,11-14H2,1H3,(H2,24,25). The van der Waals surface area contributed by atoms with Gasteiger partial charge in [-0.15, -0.1) is 0 Å². The molecule has 144 valence electrons. The topological polar surface area (TPSA) is 71.6 Å². The number of aromatic nitrogens is 1. The van der Waals surface area contributed by atoms with Crippen molar-refractivity contribution in [2.24, 2.45) is 0 Å². The Bertz CT molecular complexity index is 947. The van der Waals surface area contributed by atoms with Crippen molar-refractivity contribution in [1.29, 1.82) is 0 Å². The van der Waals surface area contributed by atoms with Crippen LogP contribution in [0, 0.1) is 0 Å². The molecule has 0 saturated carbocycles. The Morgan fingerprint density at radius 2 is 1.64 bits per heavy atom. The third-order valence-corrected chi connectivity index (χ3v) is 5.28. The zero-order valence-electron chi connectivity index (χ0n) is 16.1. The number of nitrogens with zero attached hydrogens (tertiary/aromatic N) is 2. The molecule has 0 amide bonds. The van der Waals surface area contributed by atoms with Crippen LogP contribution in [-0.2, 0) is 11.2 Å². The lowest BCUT2D eigenvalue weighted by molar-refractivity contribution is 0.122. The Balaban J connectivity index is 1.73. The summed E-state index contributed by atoms with van der Waals surface area (Å²) in [6.07, 6.45) is 2.70.